The van der Waals surface area contributed by atoms with Gasteiger partial charge in [0.15, 0.2) is 6.61 Å². The van der Waals surface area contributed by atoms with Gasteiger partial charge in [-0.05, 0) is 54.3 Å². The summed E-state index contributed by atoms with van der Waals surface area (Å²) < 4.78 is 5.46. The van der Waals surface area contributed by atoms with E-state index in [9.17, 15) is 9.59 Å². The number of carbonyl (C=O) groups is 2. The molecule has 0 aromatic heterocycles. The van der Waals surface area contributed by atoms with Crippen molar-refractivity contribution in [3.63, 3.8) is 0 Å². The third kappa shape index (κ3) is 4.84. The van der Waals surface area contributed by atoms with Crippen molar-refractivity contribution in [1.29, 1.82) is 0 Å². The Hall–Kier alpha value is -2.82. The molecule has 0 spiro atoms. The Kier molecular flexibility index (Phi) is 5.95. The van der Waals surface area contributed by atoms with Crippen molar-refractivity contribution in [3.05, 3.63) is 59.7 Å². The van der Waals surface area contributed by atoms with Crippen molar-refractivity contribution >= 4 is 17.6 Å². The second-order valence-electron chi connectivity index (χ2n) is 5.60. The summed E-state index contributed by atoms with van der Waals surface area (Å²) in [6.07, 6.45) is 1.07. The molecule has 5 heteroatoms. The third-order valence-electron chi connectivity index (χ3n) is 3.85. The van der Waals surface area contributed by atoms with Crippen LogP contribution in [0, 0.1) is 0 Å². The molecule has 2 rings (SSSR count). The molecule has 0 aliphatic carbocycles. The van der Waals surface area contributed by atoms with Gasteiger partial charge in [0.2, 0.25) is 0 Å². The van der Waals surface area contributed by atoms with Crippen LogP contribution in [0.2, 0.25) is 0 Å². The number of amides is 1. The lowest BCUT2D eigenvalue weighted by atomic mass is 9.99. The Bertz CT molecular complexity index is 692. The molecule has 0 radical (unpaired) electrons. The fraction of sp³-hybridized carbons (Fsp3) is 0.263. The van der Waals surface area contributed by atoms with E-state index in [0.717, 1.165) is 6.42 Å². The highest BCUT2D eigenvalue weighted by Crippen LogP contribution is 2.21. The molecular formula is C19H21NO4. The average Bonchev–Trinajstić information content (AvgIpc) is 2.60. The maximum Gasteiger partial charge on any atom is 0.335 e. The summed E-state index contributed by atoms with van der Waals surface area (Å²) in [4.78, 5) is 22.6. The third-order valence-corrected chi connectivity index (χ3v) is 3.85. The van der Waals surface area contributed by atoms with E-state index < -0.39 is 5.97 Å². The van der Waals surface area contributed by atoms with Crippen LogP contribution in [0.3, 0.4) is 0 Å². The molecule has 2 N–H and O–H groups in total. The molecule has 0 unspecified atom stereocenters. The number of rotatable bonds is 7. The second-order valence-corrected chi connectivity index (χ2v) is 5.60. The average molecular weight is 327 g/mol. The number of hydrogen-bond donors (Lipinski definition) is 2. The van der Waals surface area contributed by atoms with Crippen LogP contribution in [-0.2, 0) is 4.79 Å². The summed E-state index contributed by atoms with van der Waals surface area (Å²) >= 11 is 0. The lowest BCUT2D eigenvalue weighted by molar-refractivity contribution is -0.118. The number of nitrogens with one attached hydrogen (secondary N) is 1. The van der Waals surface area contributed by atoms with Gasteiger partial charge in [-0.15, -0.1) is 0 Å². The zero-order valence-electron chi connectivity index (χ0n) is 13.8. The fourth-order valence-electron chi connectivity index (χ4n) is 2.17. The van der Waals surface area contributed by atoms with Gasteiger partial charge in [-0.2, -0.15) is 0 Å². The molecule has 0 fully saturated rings. The zero-order valence-corrected chi connectivity index (χ0v) is 13.8. The molecule has 1 amide bonds. The molecule has 5 nitrogen and oxygen atoms in total. The van der Waals surface area contributed by atoms with Crippen molar-refractivity contribution in [2.45, 2.75) is 26.2 Å². The number of benzene rings is 2. The van der Waals surface area contributed by atoms with Crippen molar-refractivity contribution in [2.75, 3.05) is 11.9 Å². The monoisotopic (exact) mass is 327 g/mol. The first kappa shape index (κ1) is 17.5. The van der Waals surface area contributed by atoms with Gasteiger partial charge < -0.3 is 15.2 Å². The first-order valence-corrected chi connectivity index (χ1v) is 7.85. The topological polar surface area (TPSA) is 75.6 Å². The number of ether oxygens (including phenoxy) is 1. The molecule has 1 atom stereocenters. The quantitative estimate of drug-likeness (QED) is 0.808. The summed E-state index contributed by atoms with van der Waals surface area (Å²) in [6.45, 7) is 4.20. The van der Waals surface area contributed by atoms with Gasteiger partial charge in [0.1, 0.15) is 5.75 Å². The lowest BCUT2D eigenvalue weighted by Crippen LogP contribution is -2.20. The maximum atomic E-state index is 11.9. The molecular weight excluding hydrogens is 306 g/mol. The fourth-order valence-corrected chi connectivity index (χ4v) is 2.17. The minimum Gasteiger partial charge on any atom is -0.484 e. The van der Waals surface area contributed by atoms with E-state index in [1.807, 2.05) is 24.3 Å². The number of hydrogen-bond acceptors (Lipinski definition) is 3. The van der Waals surface area contributed by atoms with Gasteiger partial charge in [-0.3, -0.25) is 4.79 Å². The van der Waals surface area contributed by atoms with Crippen LogP contribution in [0.4, 0.5) is 5.69 Å². The van der Waals surface area contributed by atoms with Crippen LogP contribution in [0.1, 0.15) is 42.1 Å². The summed E-state index contributed by atoms with van der Waals surface area (Å²) in [5, 5.41) is 11.5. The SMILES string of the molecule is CC[C@@H](C)c1ccc(OCC(=O)Nc2ccc(C(=O)O)cc2)cc1. The predicted octanol–water partition coefficient (Wildman–Crippen LogP) is 3.92. The highest BCUT2D eigenvalue weighted by Gasteiger charge is 2.07. The number of anilines is 1. The van der Waals surface area contributed by atoms with Crippen molar-refractivity contribution in [1.82, 2.24) is 0 Å². The van der Waals surface area contributed by atoms with Crippen molar-refractivity contribution < 1.29 is 19.4 Å². The summed E-state index contributed by atoms with van der Waals surface area (Å²) in [7, 11) is 0. The van der Waals surface area contributed by atoms with E-state index in [1.165, 1.54) is 17.7 Å². The van der Waals surface area contributed by atoms with Gasteiger partial charge in [-0.25, -0.2) is 4.79 Å². The Labute approximate surface area is 141 Å². The van der Waals surface area contributed by atoms with E-state index in [0.29, 0.717) is 17.4 Å². The van der Waals surface area contributed by atoms with Gasteiger partial charge >= 0.3 is 5.97 Å². The zero-order chi connectivity index (χ0) is 17.5. The first-order valence-electron chi connectivity index (χ1n) is 7.85. The summed E-state index contributed by atoms with van der Waals surface area (Å²) in [5.74, 6) is -0.171. The molecule has 0 saturated carbocycles. The number of carbonyl (C=O) groups excluding carboxylic acids is 1. The summed E-state index contributed by atoms with van der Waals surface area (Å²) in [5.41, 5.74) is 1.94. The molecule has 0 aliphatic heterocycles. The van der Waals surface area contributed by atoms with Crippen LogP contribution in [0.15, 0.2) is 48.5 Å². The van der Waals surface area contributed by atoms with E-state index in [-0.39, 0.29) is 18.1 Å². The highest BCUT2D eigenvalue weighted by molar-refractivity contribution is 5.93. The molecule has 0 aliphatic rings. The Morgan fingerprint density at radius 1 is 1.08 bits per heavy atom. The first-order chi connectivity index (χ1) is 11.5. The number of carboxylic acids is 1. The smallest absolute Gasteiger partial charge is 0.335 e. The standard InChI is InChI=1S/C19H21NO4/c1-3-13(2)14-6-10-17(11-7-14)24-12-18(21)20-16-8-4-15(5-9-16)19(22)23/h4-11,13H,3,12H2,1-2H3,(H,20,21)(H,22,23)/t13-/m1/s1. The molecule has 24 heavy (non-hydrogen) atoms. The lowest BCUT2D eigenvalue weighted by Gasteiger charge is -2.11. The van der Waals surface area contributed by atoms with Crippen LogP contribution in [0.5, 0.6) is 5.75 Å². The van der Waals surface area contributed by atoms with Crippen molar-refractivity contribution in [3.8, 4) is 5.75 Å². The Morgan fingerprint density at radius 3 is 2.25 bits per heavy atom. The predicted molar refractivity (Wildman–Crippen MR) is 92.7 cm³/mol. The largest absolute Gasteiger partial charge is 0.484 e. The van der Waals surface area contributed by atoms with Crippen LogP contribution >= 0.6 is 0 Å². The van der Waals surface area contributed by atoms with Gasteiger partial charge in [0.25, 0.3) is 5.91 Å². The number of carboxylic acid groups (broad SMARTS) is 1. The van der Waals surface area contributed by atoms with Crippen molar-refractivity contribution in [2.24, 2.45) is 0 Å². The van der Waals surface area contributed by atoms with E-state index in [2.05, 4.69) is 19.2 Å². The van der Waals surface area contributed by atoms with Gasteiger partial charge in [-0.1, -0.05) is 26.0 Å². The van der Waals surface area contributed by atoms with Crippen LogP contribution < -0.4 is 10.1 Å². The van der Waals surface area contributed by atoms with E-state index in [4.69, 9.17) is 9.84 Å². The van der Waals surface area contributed by atoms with Gasteiger partial charge in [0, 0.05) is 5.69 Å². The molecule has 126 valence electrons. The minimum atomic E-state index is -1.00. The normalized spacial score (nSPS) is 11.6. The molecule has 0 bridgehead atoms. The van der Waals surface area contributed by atoms with Crippen LogP contribution in [0.25, 0.3) is 0 Å². The van der Waals surface area contributed by atoms with E-state index >= 15 is 0 Å². The Balaban J connectivity index is 1.85. The highest BCUT2D eigenvalue weighted by atomic mass is 16.5. The molecule has 2 aromatic carbocycles. The molecule has 0 heterocycles. The summed E-state index contributed by atoms with van der Waals surface area (Å²) in [6, 6.07) is 13.7. The van der Waals surface area contributed by atoms with E-state index in [1.54, 1.807) is 12.1 Å². The van der Waals surface area contributed by atoms with Crippen LogP contribution in [-0.4, -0.2) is 23.6 Å². The van der Waals surface area contributed by atoms with Gasteiger partial charge in [0.05, 0.1) is 5.56 Å². The number of aromatic carboxylic acids is 1. The Morgan fingerprint density at radius 2 is 1.71 bits per heavy atom. The molecule has 0 saturated heterocycles. The second kappa shape index (κ2) is 8.15. The minimum absolute atomic E-state index is 0.108. The maximum absolute atomic E-state index is 11.9. The molecule has 2 aromatic rings.